The van der Waals surface area contributed by atoms with Gasteiger partial charge in [-0.3, -0.25) is 0 Å². The van der Waals surface area contributed by atoms with Crippen LogP contribution in [0.1, 0.15) is 24.2 Å². The Hall–Kier alpha value is -2.21. The van der Waals surface area contributed by atoms with Crippen molar-refractivity contribution >= 4 is 16.9 Å². The molecule has 0 fully saturated rings. The Bertz CT molecular complexity index is 613. The molecule has 1 aromatic carbocycles. The monoisotopic (exact) mass is 276 g/mol. The third-order valence-electron chi connectivity index (χ3n) is 2.62. The van der Waals surface area contributed by atoms with Crippen LogP contribution in [0.15, 0.2) is 24.5 Å². The molecule has 106 valence electrons. The fourth-order valence-corrected chi connectivity index (χ4v) is 1.70. The minimum absolute atomic E-state index is 0.152. The Labute approximate surface area is 116 Å². The first-order valence-electron chi connectivity index (χ1n) is 6.30. The lowest BCUT2D eigenvalue weighted by atomic mass is 10.1. The minimum atomic E-state index is -0.988. The largest absolute Gasteiger partial charge is 0.478 e. The molecule has 2 aromatic rings. The number of aromatic nitrogens is 2. The molecule has 0 radical (unpaired) electrons. The van der Waals surface area contributed by atoms with Gasteiger partial charge in [-0.1, -0.05) is 0 Å². The zero-order valence-electron chi connectivity index (χ0n) is 11.4. The van der Waals surface area contributed by atoms with E-state index in [1.54, 1.807) is 6.07 Å². The molecule has 0 spiro atoms. The highest BCUT2D eigenvalue weighted by Crippen LogP contribution is 2.22. The molecule has 0 aliphatic carbocycles. The van der Waals surface area contributed by atoms with Crippen molar-refractivity contribution < 1.29 is 19.4 Å². The van der Waals surface area contributed by atoms with Crippen LogP contribution in [-0.2, 0) is 4.74 Å². The van der Waals surface area contributed by atoms with Gasteiger partial charge in [-0.15, -0.1) is 0 Å². The van der Waals surface area contributed by atoms with Crippen LogP contribution in [0.5, 0.6) is 5.88 Å². The Morgan fingerprint density at radius 2 is 2.10 bits per heavy atom. The van der Waals surface area contributed by atoms with Gasteiger partial charge in [0.05, 0.1) is 29.2 Å². The highest BCUT2D eigenvalue weighted by Gasteiger charge is 2.09. The van der Waals surface area contributed by atoms with Crippen molar-refractivity contribution in [3.05, 3.63) is 30.1 Å². The zero-order chi connectivity index (χ0) is 14.5. The van der Waals surface area contributed by atoms with Crippen LogP contribution in [0.2, 0.25) is 0 Å². The third-order valence-corrected chi connectivity index (χ3v) is 2.62. The maximum absolute atomic E-state index is 10.9. The van der Waals surface area contributed by atoms with Crippen LogP contribution < -0.4 is 4.74 Å². The van der Waals surface area contributed by atoms with E-state index in [2.05, 4.69) is 9.97 Å². The van der Waals surface area contributed by atoms with Crippen molar-refractivity contribution in [3.63, 3.8) is 0 Å². The summed E-state index contributed by atoms with van der Waals surface area (Å²) in [5.41, 5.74) is 0.727. The number of carboxylic acid groups (broad SMARTS) is 1. The molecule has 20 heavy (non-hydrogen) atoms. The van der Waals surface area contributed by atoms with Crippen molar-refractivity contribution in [1.29, 1.82) is 0 Å². The number of rotatable bonds is 6. The number of carbonyl (C=O) groups is 1. The fourth-order valence-electron chi connectivity index (χ4n) is 1.70. The van der Waals surface area contributed by atoms with Crippen molar-refractivity contribution in [2.45, 2.75) is 20.0 Å². The molecule has 0 atom stereocenters. The molecule has 0 unspecified atom stereocenters. The van der Waals surface area contributed by atoms with Crippen LogP contribution >= 0.6 is 0 Å². The summed E-state index contributed by atoms with van der Waals surface area (Å²) in [4.78, 5) is 19.0. The van der Waals surface area contributed by atoms with Gasteiger partial charge in [0.15, 0.2) is 0 Å². The lowest BCUT2D eigenvalue weighted by Gasteiger charge is -2.10. The van der Waals surface area contributed by atoms with Gasteiger partial charge in [0, 0.05) is 0 Å². The summed E-state index contributed by atoms with van der Waals surface area (Å²) in [5.74, 6) is -0.558. The number of hydrogen-bond acceptors (Lipinski definition) is 5. The fraction of sp³-hybridized carbons (Fsp3) is 0.357. The Balaban J connectivity index is 2.15. The number of ether oxygens (including phenoxy) is 2. The molecule has 1 aromatic heterocycles. The van der Waals surface area contributed by atoms with Gasteiger partial charge in [0.1, 0.15) is 12.9 Å². The highest BCUT2D eigenvalue weighted by atomic mass is 16.5. The first-order valence-corrected chi connectivity index (χ1v) is 6.30. The molecule has 0 bridgehead atoms. The van der Waals surface area contributed by atoms with E-state index < -0.39 is 5.97 Å². The van der Waals surface area contributed by atoms with Crippen molar-refractivity contribution in [2.75, 3.05) is 13.2 Å². The van der Waals surface area contributed by atoms with Crippen molar-refractivity contribution in [1.82, 2.24) is 9.97 Å². The predicted octanol–water partition coefficient (Wildman–Crippen LogP) is 2.13. The maximum Gasteiger partial charge on any atom is 0.335 e. The molecule has 0 saturated carbocycles. The minimum Gasteiger partial charge on any atom is -0.478 e. The molecule has 1 heterocycles. The number of carboxylic acids is 1. The molecule has 6 nitrogen and oxygen atoms in total. The molecule has 0 amide bonds. The molecule has 6 heteroatoms. The van der Waals surface area contributed by atoms with Crippen LogP contribution in [0.4, 0.5) is 0 Å². The number of hydrogen-bond donors (Lipinski definition) is 1. The van der Waals surface area contributed by atoms with Gasteiger partial charge < -0.3 is 14.6 Å². The number of fused-ring (bicyclic) bond motifs is 1. The van der Waals surface area contributed by atoms with E-state index in [1.165, 1.54) is 18.5 Å². The highest BCUT2D eigenvalue weighted by molar-refractivity contribution is 5.94. The van der Waals surface area contributed by atoms with E-state index in [0.717, 1.165) is 0 Å². The number of aromatic carboxylic acids is 1. The summed E-state index contributed by atoms with van der Waals surface area (Å²) < 4.78 is 10.9. The predicted molar refractivity (Wildman–Crippen MR) is 73.1 cm³/mol. The van der Waals surface area contributed by atoms with Crippen LogP contribution in [-0.4, -0.2) is 40.4 Å². The van der Waals surface area contributed by atoms with E-state index in [9.17, 15) is 4.79 Å². The second kappa shape index (κ2) is 6.29. The summed E-state index contributed by atoms with van der Waals surface area (Å²) in [6.45, 7) is 4.75. The van der Waals surface area contributed by atoms with E-state index in [4.69, 9.17) is 14.6 Å². The Morgan fingerprint density at radius 3 is 2.80 bits per heavy atom. The average molecular weight is 276 g/mol. The van der Waals surface area contributed by atoms with E-state index in [0.29, 0.717) is 30.0 Å². The van der Waals surface area contributed by atoms with E-state index >= 15 is 0 Å². The van der Waals surface area contributed by atoms with Gasteiger partial charge in [-0.2, -0.15) is 0 Å². The van der Waals surface area contributed by atoms with E-state index in [-0.39, 0.29) is 11.7 Å². The molecule has 0 saturated heterocycles. The van der Waals surface area contributed by atoms with Crippen LogP contribution in [0.3, 0.4) is 0 Å². The second-order valence-electron chi connectivity index (χ2n) is 4.48. The zero-order valence-corrected chi connectivity index (χ0v) is 11.4. The topological polar surface area (TPSA) is 81.5 Å². The second-order valence-corrected chi connectivity index (χ2v) is 4.48. The lowest BCUT2D eigenvalue weighted by Crippen LogP contribution is -2.12. The van der Waals surface area contributed by atoms with Crippen LogP contribution in [0.25, 0.3) is 10.9 Å². The summed E-state index contributed by atoms with van der Waals surface area (Å²) in [6.07, 6.45) is 1.51. The number of nitrogens with zero attached hydrogens (tertiary/aromatic N) is 2. The molecule has 0 aliphatic rings. The standard InChI is InChI=1S/C14H16N2O4/c1-9(2)19-5-6-20-13-11-4-3-10(14(17)18)7-12(11)15-8-16-13/h3-4,7-9H,5-6H2,1-2H3,(H,17,18). The normalized spacial score (nSPS) is 10.9. The summed E-state index contributed by atoms with van der Waals surface area (Å²) in [7, 11) is 0. The Morgan fingerprint density at radius 1 is 1.30 bits per heavy atom. The number of benzene rings is 1. The first-order chi connectivity index (χ1) is 9.58. The van der Waals surface area contributed by atoms with Gasteiger partial charge in [0.2, 0.25) is 5.88 Å². The molecular weight excluding hydrogens is 260 g/mol. The van der Waals surface area contributed by atoms with Gasteiger partial charge >= 0.3 is 5.97 Å². The average Bonchev–Trinajstić information content (AvgIpc) is 2.42. The lowest BCUT2D eigenvalue weighted by molar-refractivity contribution is 0.0546. The van der Waals surface area contributed by atoms with Gasteiger partial charge in [-0.25, -0.2) is 14.8 Å². The summed E-state index contributed by atoms with van der Waals surface area (Å²) in [5, 5.41) is 9.63. The SMILES string of the molecule is CC(C)OCCOc1ncnc2cc(C(=O)O)ccc12. The van der Waals surface area contributed by atoms with Gasteiger partial charge in [0.25, 0.3) is 0 Å². The first kappa shape index (κ1) is 14.2. The molecule has 0 aliphatic heterocycles. The molecule has 2 rings (SSSR count). The maximum atomic E-state index is 10.9. The summed E-state index contributed by atoms with van der Waals surface area (Å²) >= 11 is 0. The summed E-state index contributed by atoms with van der Waals surface area (Å²) in [6, 6.07) is 4.65. The molecular formula is C14H16N2O4. The van der Waals surface area contributed by atoms with Gasteiger partial charge in [-0.05, 0) is 32.0 Å². The smallest absolute Gasteiger partial charge is 0.335 e. The quantitative estimate of drug-likeness (QED) is 0.814. The van der Waals surface area contributed by atoms with E-state index in [1.807, 2.05) is 13.8 Å². The van der Waals surface area contributed by atoms with Crippen molar-refractivity contribution in [3.8, 4) is 5.88 Å². The van der Waals surface area contributed by atoms with Crippen molar-refractivity contribution in [2.24, 2.45) is 0 Å². The van der Waals surface area contributed by atoms with Crippen LogP contribution in [0, 0.1) is 0 Å². The molecule has 1 N–H and O–H groups in total. The third kappa shape index (κ3) is 3.42. The Kier molecular flexibility index (Phi) is 4.47.